The summed E-state index contributed by atoms with van der Waals surface area (Å²) in [5.74, 6) is -0.0350. The van der Waals surface area contributed by atoms with Crippen LogP contribution in [0.4, 0.5) is 0 Å². The molecule has 3 rings (SSSR count). The molecule has 19 heavy (non-hydrogen) atoms. The summed E-state index contributed by atoms with van der Waals surface area (Å²) in [6.07, 6.45) is 6.36. The van der Waals surface area contributed by atoms with Gasteiger partial charge in [0.25, 0.3) is 0 Å². The first-order valence-electron chi connectivity index (χ1n) is 6.12. The van der Waals surface area contributed by atoms with Crippen LogP contribution in [-0.4, -0.2) is 20.7 Å². The van der Waals surface area contributed by atoms with Crippen molar-refractivity contribution in [2.24, 2.45) is 0 Å². The lowest BCUT2D eigenvalue weighted by atomic mass is 10.1. The van der Waals surface area contributed by atoms with E-state index in [0.29, 0.717) is 11.4 Å². The molecule has 0 spiro atoms. The van der Waals surface area contributed by atoms with E-state index >= 15 is 0 Å². The highest BCUT2D eigenvalue weighted by atomic mass is 79.9. The Kier molecular flexibility index (Phi) is 3.33. The Bertz CT molecular complexity index is 601. The molecule has 0 amide bonds. The number of carbonyl (C=O) groups excluding carboxylic acids is 1. The van der Waals surface area contributed by atoms with E-state index in [4.69, 9.17) is 4.74 Å². The van der Waals surface area contributed by atoms with Crippen molar-refractivity contribution in [2.45, 2.75) is 25.8 Å². The number of pyridine rings is 1. The van der Waals surface area contributed by atoms with E-state index < -0.39 is 5.97 Å². The maximum Gasteiger partial charge on any atom is 0.364 e. The van der Waals surface area contributed by atoms with Gasteiger partial charge in [0.1, 0.15) is 0 Å². The maximum atomic E-state index is 12.0. The lowest BCUT2D eigenvalue weighted by Crippen LogP contribution is -2.12. The maximum absolute atomic E-state index is 12.0. The van der Waals surface area contributed by atoms with Crippen LogP contribution in [0.5, 0.6) is 5.75 Å². The second-order valence-corrected chi connectivity index (χ2v) is 5.35. The summed E-state index contributed by atoms with van der Waals surface area (Å²) >= 11 is 3.28. The smallest absolute Gasteiger partial charge is 0.364 e. The zero-order chi connectivity index (χ0) is 13.2. The number of aryl methyl sites for hydroxylation is 2. The Balaban J connectivity index is 1.78. The van der Waals surface area contributed by atoms with Gasteiger partial charge < -0.3 is 4.74 Å². The first-order chi connectivity index (χ1) is 9.22. The number of nitrogens with zero attached hydrogens (tertiary/aromatic N) is 3. The number of aromatic nitrogens is 3. The fourth-order valence-electron chi connectivity index (χ4n) is 2.13. The molecule has 0 aromatic carbocycles. The zero-order valence-electron chi connectivity index (χ0n) is 10.2. The van der Waals surface area contributed by atoms with E-state index in [1.807, 2.05) is 10.7 Å². The molecule has 0 radical (unpaired) electrons. The predicted molar refractivity (Wildman–Crippen MR) is 72.1 cm³/mol. The third kappa shape index (κ3) is 2.68. The third-order valence-electron chi connectivity index (χ3n) is 3.02. The Morgan fingerprint density at radius 2 is 2.21 bits per heavy atom. The molecule has 2 aromatic rings. The molecule has 0 N–H and O–H groups in total. The molecule has 6 heteroatoms. The fraction of sp³-hybridized carbons (Fsp3) is 0.308. The molecule has 98 valence electrons. The highest BCUT2D eigenvalue weighted by Crippen LogP contribution is 2.19. The van der Waals surface area contributed by atoms with Crippen LogP contribution in [-0.2, 0) is 13.0 Å². The SMILES string of the molecule is O=C(Oc1cncc(Br)c1)c1cc2n(n1)CCCC2. The minimum Gasteiger partial charge on any atom is -0.420 e. The first kappa shape index (κ1) is 12.3. The topological polar surface area (TPSA) is 57.0 Å². The largest absolute Gasteiger partial charge is 0.420 e. The van der Waals surface area contributed by atoms with E-state index in [1.54, 1.807) is 12.3 Å². The second kappa shape index (κ2) is 5.13. The van der Waals surface area contributed by atoms with Gasteiger partial charge in [-0.25, -0.2) is 4.79 Å². The van der Waals surface area contributed by atoms with Gasteiger partial charge in [0.05, 0.1) is 6.20 Å². The number of fused-ring (bicyclic) bond motifs is 1. The van der Waals surface area contributed by atoms with Crippen molar-refractivity contribution in [1.29, 1.82) is 0 Å². The van der Waals surface area contributed by atoms with Crippen LogP contribution >= 0.6 is 15.9 Å². The molecular weight excluding hydrogens is 310 g/mol. The van der Waals surface area contributed by atoms with Gasteiger partial charge in [0.2, 0.25) is 0 Å². The van der Waals surface area contributed by atoms with Crippen LogP contribution in [0.1, 0.15) is 29.0 Å². The molecule has 0 bridgehead atoms. The van der Waals surface area contributed by atoms with Gasteiger partial charge in [0.15, 0.2) is 11.4 Å². The van der Waals surface area contributed by atoms with Crippen LogP contribution in [0.3, 0.4) is 0 Å². The summed E-state index contributed by atoms with van der Waals surface area (Å²) in [6.45, 7) is 0.876. The lowest BCUT2D eigenvalue weighted by Gasteiger charge is -2.11. The normalized spacial score (nSPS) is 13.9. The molecular formula is C13H12BrN3O2. The van der Waals surface area contributed by atoms with Gasteiger partial charge in [-0.2, -0.15) is 5.10 Å². The molecule has 1 aliphatic heterocycles. The highest BCUT2D eigenvalue weighted by Gasteiger charge is 2.18. The van der Waals surface area contributed by atoms with Gasteiger partial charge in [-0.05, 0) is 47.3 Å². The van der Waals surface area contributed by atoms with E-state index in [0.717, 1.165) is 36.0 Å². The Morgan fingerprint density at radius 1 is 1.32 bits per heavy atom. The summed E-state index contributed by atoms with van der Waals surface area (Å²) in [5.41, 5.74) is 1.46. The van der Waals surface area contributed by atoms with E-state index in [2.05, 4.69) is 26.0 Å². The molecule has 5 nitrogen and oxygen atoms in total. The summed E-state index contributed by atoms with van der Waals surface area (Å²) in [4.78, 5) is 15.9. The van der Waals surface area contributed by atoms with Crippen LogP contribution in [0.25, 0.3) is 0 Å². The van der Waals surface area contributed by atoms with Crippen molar-refractivity contribution >= 4 is 21.9 Å². The van der Waals surface area contributed by atoms with Crippen molar-refractivity contribution in [3.63, 3.8) is 0 Å². The molecule has 0 saturated heterocycles. The fourth-order valence-corrected chi connectivity index (χ4v) is 2.47. The number of rotatable bonds is 2. The third-order valence-corrected chi connectivity index (χ3v) is 3.45. The Labute approximate surface area is 118 Å². The zero-order valence-corrected chi connectivity index (χ0v) is 11.8. The van der Waals surface area contributed by atoms with Crippen LogP contribution in [0.2, 0.25) is 0 Å². The number of hydrogen-bond acceptors (Lipinski definition) is 4. The summed E-state index contributed by atoms with van der Waals surface area (Å²) in [7, 11) is 0. The van der Waals surface area contributed by atoms with Crippen molar-refractivity contribution in [2.75, 3.05) is 0 Å². The quantitative estimate of drug-likeness (QED) is 0.798. The number of esters is 1. The average molecular weight is 322 g/mol. The molecule has 3 heterocycles. The number of ether oxygens (including phenoxy) is 1. The average Bonchev–Trinajstić information content (AvgIpc) is 2.82. The summed E-state index contributed by atoms with van der Waals surface area (Å²) in [5, 5.41) is 4.28. The molecule has 0 aliphatic carbocycles. The Hall–Kier alpha value is -1.69. The van der Waals surface area contributed by atoms with Crippen LogP contribution in [0.15, 0.2) is 29.0 Å². The summed E-state index contributed by atoms with van der Waals surface area (Å²) < 4.78 is 7.91. The van der Waals surface area contributed by atoms with Gasteiger partial charge in [-0.3, -0.25) is 9.67 Å². The van der Waals surface area contributed by atoms with Crippen LogP contribution < -0.4 is 4.74 Å². The standard InChI is InChI=1S/C13H12BrN3O2/c14-9-5-11(8-15-7-9)19-13(18)12-6-10-3-1-2-4-17(10)16-12/h5-8H,1-4H2. The van der Waals surface area contributed by atoms with Gasteiger partial charge in [-0.15, -0.1) is 0 Å². The molecule has 1 aliphatic rings. The molecule has 0 unspecified atom stereocenters. The molecule has 0 saturated carbocycles. The van der Waals surface area contributed by atoms with Gasteiger partial charge in [-0.1, -0.05) is 0 Å². The molecule has 0 atom stereocenters. The van der Waals surface area contributed by atoms with E-state index in [1.165, 1.54) is 6.20 Å². The second-order valence-electron chi connectivity index (χ2n) is 4.43. The first-order valence-corrected chi connectivity index (χ1v) is 6.91. The van der Waals surface area contributed by atoms with E-state index in [-0.39, 0.29) is 0 Å². The minimum atomic E-state index is -0.443. The number of halogens is 1. The number of carbonyl (C=O) groups is 1. The van der Waals surface area contributed by atoms with Gasteiger partial charge in [0, 0.05) is 22.9 Å². The van der Waals surface area contributed by atoms with Crippen LogP contribution in [0, 0.1) is 0 Å². The van der Waals surface area contributed by atoms with Crippen molar-refractivity contribution in [1.82, 2.24) is 14.8 Å². The molecule has 0 fully saturated rings. The van der Waals surface area contributed by atoms with Crippen molar-refractivity contribution < 1.29 is 9.53 Å². The minimum absolute atomic E-state index is 0.358. The van der Waals surface area contributed by atoms with Crippen molar-refractivity contribution in [3.05, 3.63) is 40.4 Å². The van der Waals surface area contributed by atoms with E-state index in [9.17, 15) is 4.79 Å². The lowest BCUT2D eigenvalue weighted by molar-refractivity contribution is 0.0727. The predicted octanol–water partition coefficient (Wildman–Crippen LogP) is 2.60. The monoisotopic (exact) mass is 321 g/mol. The Morgan fingerprint density at radius 3 is 3.00 bits per heavy atom. The highest BCUT2D eigenvalue weighted by molar-refractivity contribution is 9.10. The summed E-state index contributed by atoms with van der Waals surface area (Å²) in [6, 6.07) is 3.51. The number of hydrogen-bond donors (Lipinski definition) is 0. The molecule has 2 aromatic heterocycles. The van der Waals surface area contributed by atoms with Gasteiger partial charge >= 0.3 is 5.97 Å². The van der Waals surface area contributed by atoms with Crippen molar-refractivity contribution in [3.8, 4) is 5.75 Å².